The van der Waals surface area contributed by atoms with Crippen LogP contribution in [-0.2, 0) is 13.0 Å². The molecular formula is C7H9NO. The maximum atomic E-state index is 9.15. The van der Waals surface area contributed by atoms with Gasteiger partial charge in [0.05, 0.1) is 5.69 Å². The third kappa shape index (κ3) is 0.559. The minimum atomic E-state index is 0.465. The van der Waals surface area contributed by atoms with Crippen LogP contribution in [0.5, 0.6) is 5.75 Å². The third-order valence-electron chi connectivity index (χ3n) is 1.87. The fourth-order valence-electron chi connectivity index (χ4n) is 1.39. The van der Waals surface area contributed by atoms with Crippen molar-refractivity contribution in [3.63, 3.8) is 0 Å². The van der Waals surface area contributed by atoms with E-state index in [1.807, 2.05) is 6.20 Å². The van der Waals surface area contributed by atoms with Crippen LogP contribution in [0.15, 0.2) is 12.3 Å². The van der Waals surface area contributed by atoms with Gasteiger partial charge in [-0.25, -0.2) is 0 Å². The summed E-state index contributed by atoms with van der Waals surface area (Å²) in [7, 11) is 0. The molecule has 0 spiro atoms. The van der Waals surface area contributed by atoms with E-state index in [1.54, 1.807) is 6.07 Å². The van der Waals surface area contributed by atoms with Crippen molar-refractivity contribution in [2.24, 2.45) is 0 Å². The monoisotopic (exact) mass is 123 g/mol. The lowest BCUT2D eigenvalue weighted by atomic mass is 10.3. The molecule has 0 radical (unpaired) electrons. The van der Waals surface area contributed by atoms with Crippen LogP contribution in [-0.4, -0.2) is 9.67 Å². The first-order valence-corrected chi connectivity index (χ1v) is 3.25. The number of aromatic hydroxyl groups is 1. The number of aryl methyl sites for hydroxylation is 1. The molecule has 1 aromatic heterocycles. The minimum Gasteiger partial charge on any atom is -0.506 e. The van der Waals surface area contributed by atoms with Gasteiger partial charge < -0.3 is 9.67 Å². The molecule has 0 bridgehead atoms. The number of hydrogen-bond acceptors (Lipinski definition) is 1. The fourth-order valence-corrected chi connectivity index (χ4v) is 1.39. The molecule has 0 saturated heterocycles. The van der Waals surface area contributed by atoms with Crippen LogP contribution >= 0.6 is 0 Å². The minimum absolute atomic E-state index is 0.465. The Morgan fingerprint density at radius 3 is 3.22 bits per heavy atom. The number of aromatic nitrogens is 1. The summed E-state index contributed by atoms with van der Waals surface area (Å²) in [5, 5.41) is 9.15. The molecule has 2 rings (SSSR count). The van der Waals surface area contributed by atoms with Gasteiger partial charge in [0.1, 0.15) is 5.75 Å². The normalized spacial score (nSPS) is 16.0. The highest BCUT2D eigenvalue weighted by Gasteiger charge is 2.12. The molecule has 1 aliphatic rings. The van der Waals surface area contributed by atoms with Crippen LogP contribution in [0.25, 0.3) is 0 Å². The fraction of sp³-hybridized carbons (Fsp3) is 0.429. The Morgan fingerprint density at radius 2 is 2.44 bits per heavy atom. The lowest BCUT2D eigenvalue weighted by molar-refractivity contribution is 0.469. The van der Waals surface area contributed by atoms with Crippen molar-refractivity contribution in [3.8, 4) is 5.75 Å². The van der Waals surface area contributed by atoms with E-state index in [2.05, 4.69) is 4.57 Å². The van der Waals surface area contributed by atoms with Gasteiger partial charge in [0, 0.05) is 12.7 Å². The average Bonchev–Trinajstić information content (AvgIpc) is 2.35. The van der Waals surface area contributed by atoms with Crippen LogP contribution in [0.1, 0.15) is 12.1 Å². The lowest BCUT2D eigenvalue weighted by Gasteiger charge is -1.92. The van der Waals surface area contributed by atoms with Crippen molar-refractivity contribution in [1.82, 2.24) is 4.57 Å². The molecule has 0 aliphatic carbocycles. The summed E-state index contributed by atoms with van der Waals surface area (Å²) >= 11 is 0. The maximum absolute atomic E-state index is 9.15. The Balaban J connectivity index is 2.56. The number of hydrogen-bond donors (Lipinski definition) is 1. The summed E-state index contributed by atoms with van der Waals surface area (Å²) in [6.07, 6.45) is 4.17. The number of fused-ring (bicyclic) bond motifs is 1. The zero-order valence-corrected chi connectivity index (χ0v) is 5.17. The van der Waals surface area contributed by atoms with Gasteiger partial charge in [-0.05, 0) is 18.9 Å². The second-order valence-electron chi connectivity index (χ2n) is 2.44. The third-order valence-corrected chi connectivity index (χ3v) is 1.87. The second kappa shape index (κ2) is 1.53. The SMILES string of the molecule is Oc1ccn2c1CCC2. The van der Waals surface area contributed by atoms with Gasteiger partial charge in [-0.3, -0.25) is 0 Å². The van der Waals surface area contributed by atoms with Gasteiger partial charge in [-0.15, -0.1) is 0 Å². The number of rotatable bonds is 0. The first-order chi connectivity index (χ1) is 4.38. The molecule has 0 unspecified atom stereocenters. The molecule has 48 valence electrons. The molecule has 2 heteroatoms. The zero-order valence-electron chi connectivity index (χ0n) is 5.17. The summed E-state index contributed by atoms with van der Waals surface area (Å²) < 4.78 is 2.11. The summed E-state index contributed by atoms with van der Waals surface area (Å²) in [5.41, 5.74) is 1.11. The molecule has 1 aliphatic heterocycles. The Bertz CT molecular complexity index is 227. The van der Waals surface area contributed by atoms with Gasteiger partial charge in [-0.1, -0.05) is 0 Å². The molecule has 0 saturated carbocycles. The standard InChI is InChI=1S/C7H9NO/c9-7-3-5-8-4-1-2-6(7)8/h3,5,9H,1-2,4H2. The van der Waals surface area contributed by atoms with E-state index in [0.717, 1.165) is 18.7 Å². The quantitative estimate of drug-likeness (QED) is 0.549. The van der Waals surface area contributed by atoms with Gasteiger partial charge in [0.25, 0.3) is 0 Å². The topological polar surface area (TPSA) is 25.2 Å². The Labute approximate surface area is 53.7 Å². The van der Waals surface area contributed by atoms with E-state index in [4.69, 9.17) is 5.11 Å². The number of nitrogens with zero attached hydrogens (tertiary/aromatic N) is 1. The van der Waals surface area contributed by atoms with E-state index in [1.165, 1.54) is 6.42 Å². The van der Waals surface area contributed by atoms with Crippen molar-refractivity contribution in [1.29, 1.82) is 0 Å². The summed E-state index contributed by atoms with van der Waals surface area (Å²) in [6, 6.07) is 1.76. The van der Waals surface area contributed by atoms with Crippen molar-refractivity contribution < 1.29 is 5.11 Å². The predicted molar refractivity (Wildman–Crippen MR) is 34.4 cm³/mol. The first-order valence-electron chi connectivity index (χ1n) is 3.25. The van der Waals surface area contributed by atoms with Gasteiger partial charge in [-0.2, -0.15) is 0 Å². The Hall–Kier alpha value is -0.920. The van der Waals surface area contributed by atoms with E-state index in [-0.39, 0.29) is 0 Å². The Kier molecular flexibility index (Phi) is 0.835. The molecule has 0 atom stereocenters. The predicted octanol–water partition coefficient (Wildman–Crippen LogP) is 1.14. The Morgan fingerprint density at radius 1 is 1.56 bits per heavy atom. The van der Waals surface area contributed by atoms with Gasteiger partial charge >= 0.3 is 0 Å². The van der Waals surface area contributed by atoms with Gasteiger partial charge in [0.2, 0.25) is 0 Å². The lowest BCUT2D eigenvalue weighted by Crippen LogP contribution is -1.86. The zero-order chi connectivity index (χ0) is 6.27. The maximum Gasteiger partial charge on any atom is 0.136 e. The van der Waals surface area contributed by atoms with Crippen LogP contribution in [0.4, 0.5) is 0 Å². The van der Waals surface area contributed by atoms with Crippen molar-refractivity contribution in [2.45, 2.75) is 19.4 Å². The average molecular weight is 123 g/mol. The van der Waals surface area contributed by atoms with E-state index in [9.17, 15) is 0 Å². The molecule has 1 aromatic rings. The van der Waals surface area contributed by atoms with Gasteiger partial charge in [0.15, 0.2) is 0 Å². The molecular weight excluding hydrogens is 114 g/mol. The van der Waals surface area contributed by atoms with Crippen molar-refractivity contribution in [3.05, 3.63) is 18.0 Å². The largest absolute Gasteiger partial charge is 0.506 e. The smallest absolute Gasteiger partial charge is 0.136 e. The highest BCUT2D eigenvalue weighted by atomic mass is 16.3. The first kappa shape index (κ1) is 4.91. The molecule has 2 nitrogen and oxygen atoms in total. The van der Waals surface area contributed by atoms with Crippen LogP contribution in [0, 0.1) is 0 Å². The summed E-state index contributed by atoms with van der Waals surface area (Å²) in [4.78, 5) is 0. The summed E-state index contributed by atoms with van der Waals surface area (Å²) in [5.74, 6) is 0.465. The van der Waals surface area contributed by atoms with Crippen LogP contribution in [0.3, 0.4) is 0 Å². The van der Waals surface area contributed by atoms with Crippen LogP contribution < -0.4 is 0 Å². The van der Waals surface area contributed by atoms with E-state index in [0.29, 0.717) is 5.75 Å². The summed E-state index contributed by atoms with van der Waals surface area (Å²) in [6.45, 7) is 1.08. The molecule has 0 aromatic carbocycles. The molecule has 0 amide bonds. The van der Waals surface area contributed by atoms with E-state index >= 15 is 0 Å². The molecule has 9 heavy (non-hydrogen) atoms. The second-order valence-corrected chi connectivity index (χ2v) is 2.44. The molecule has 0 fully saturated rings. The van der Waals surface area contributed by atoms with Crippen molar-refractivity contribution >= 4 is 0 Å². The highest BCUT2D eigenvalue weighted by Crippen LogP contribution is 2.24. The highest BCUT2D eigenvalue weighted by molar-refractivity contribution is 5.29. The molecule has 1 N–H and O–H groups in total. The van der Waals surface area contributed by atoms with Crippen molar-refractivity contribution in [2.75, 3.05) is 0 Å². The molecule has 2 heterocycles. The van der Waals surface area contributed by atoms with E-state index < -0.39 is 0 Å². The van der Waals surface area contributed by atoms with Crippen LogP contribution in [0.2, 0.25) is 0 Å².